The highest BCUT2D eigenvalue weighted by atomic mass is 35.5. The van der Waals surface area contributed by atoms with Gasteiger partial charge in [0.25, 0.3) is 0 Å². The molecule has 0 aromatic heterocycles. The Kier molecular flexibility index (Phi) is 6.64. The minimum Gasteiger partial charge on any atom is -0.495 e. The van der Waals surface area contributed by atoms with E-state index in [1.807, 2.05) is 0 Å². The molecule has 29 heavy (non-hydrogen) atoms. The Morgan fingerprint density at radius 3 is 2.66 bits per heavy atom. The van der Waals surface area contributed by atoms with E-state index in [1.54, 1.807) is 18.2 Å². The van der Waals surface area contributed by atoms with Crippen LogP contribution in [0.5, 0.6) is 5.75 Å². The first-order chi connectivity index (χ1) is 13.8. The molecule has 1 saturated carbocycles. The monoisotopic (exact) mass is 442 g/mol. The van der Waals surface area contributed by atoms with Crippen molar-refractivity contribution in [2.75, 3.05) is 12.4 Å². The van der Waals surface area contributed by atoms with Gasteiger partial charge in [0.2, 0.25) is 0 Å². The smallest absolute Gasteiger partial charge is 0.196 e. The molecule has 0 saturated heterocycles. The Morgan fingerprint density at radius 1 is 1.17 bits per heavy atom. The van der Waals surface area contributed by atoms with Crippen LogP contribution < -0.4 is 15.4 Å². The zero-order valence-electron chi connectivity index (χ0n) is 15.4. The van der Waals surface area contributed by atoms with E-state index in [0.29, 0.717) is 23.6 Å². The number of hydrogen-bond acceptors (Lipinski definition) is 3. The van der Waals surface area contributed by atoms with Crippen LogP contribution in [-0.2, 0) is 4.79 Å². The number of nitrogens with one attached hydrogen (secondary N) is 2. The number of methoxy groups -OCH3 is 1. The van der Waals surface area contributed by atoms with Crippen molar-refractivity contribution in [2.24, 2.45) is 0 Å². The Balaban J connectivity index is 1.71. The summed E-state index contributed by atoms with van der Waals surface area (Å²) >= 11 is 11.2. The Morgan fingerprint density at radius 2 is 1.93 bits per heavy atom. The molecule has 0 bridgehead atoms. The second kappa shape index (κ2) is 9.00. The van der Waals surface area contributed by atoms with Crippen LogP contribution in [0.4, 0.5) is 18.9 Å². The molecule has 0 aliphatic heterocycles. The van der Waals surface area contributed by atoms with Crippen molar-refractivity contribution in [1.82, 2.24) is 5.32 Å². The number of anilines is 1. The molecule has 1 aliphatic carbocycles. The zero-order chi connectivity index (χ0) is 21.1. The summed E-state index contributed by atoms with van der Waals surface area (Å²) in [5.74, 6) is -4.22. The maximum atomic E-state index is 13.8. The molecule has 2 aromatic rings. The van der Waals surface area contributed by atoms with E-state index in [2.05, 4.69) is 10.6 Å². The lowest BCUT2D eigenvalue weighted by Crippen LogP contribution is -2.46. The molecule has 1 aliphatic rings. The van der Waals surface area contributed by atoms with E-state index in [-0.39, 0.29) is 22.5 Å². The first kappa shape index (κ1) is 21.4. The largest absolute Gasteiger partial charge is 0.495 e. The van der Waals surface area contributed by atoms with Crippen molar-refractivity contribution in [3.8, 4) is 5.75 Å². The molecule has 4 nitrogen and oxygen atoms in total. The lowest BCUT2D eigenvalue weighted by Gasteiger charge is -2.29. The third-order valence-electron chi connectivity index (χ3n) is 4.84. The molecular formula is C20H18ClF3N2O2S. The molecule has 154 valence electrons. The van der Waals surface area contributed by atoms with Gasteiger partial charge in [0.1, 0.15) is 5.75 Å². The predicted octanol–water partition coefficient (Wildman–Crippen LogP) is 4.96. The van der Waals surface area contributed by atoms with Gasteiger partial charge in [0.05, 0.1) is 23.9 Å². The van der Waals surface area contributed by atoms with E-state index in [9.17, 15) is 18.0 Å². The number of hydrogen-bond donors (Lipinski definition) is 2. The fourth-order valence-corrected chi connectivity index (χ4v) is 3.81. The third kappa shape index (κ3) is 4.64. The predicted molar refractivity (Wildman–Crippen MR) is 109 cm³/mol. The van der Waals surface area contributed by atoms with Crippen LogP contribution in [0, 0.1) is 17.5 Å². The van der Waals surface area contributed by atoms with Gasteiger partial charge < -0.3 is 15.4 Å². The topological polar surface area (TPSA) is 50.4 Å². The van der Waals surface area contributed by atoms with Crippen molar-refractivity contribution in [3.05, 3.63) is 58.4 Å². The number of ether oxygens (including phenoxy) is 1. The average Bonchev–Trinajstić information content (AvgIpc) is 2.70. The van der Waals surface area contributed by atoms with Gasteiger partial charge in [-0.3, -0.25) is 4.79 Å². The molecule has 1 fully saturated rings. The zero-order valence-corrected chi connectivity index (χ0v) is 17.0. The van der Waals surface area contributed by atoms with Crippen LogP contribution in [0.3, 0.4) is 0 Å². The van der Waals surface area contributed by atoms with E-state index >= 15 is 0 Å². The third-order valence-corrected chi connectivity index (χ3v) is 5.37. The van der Waals surface area contributed by atoms with Crippen LogP contribution in [0.2, 0.25) is 5.02 Å². The van der Waals surface area contributed by atoms with Crippen LogP contribution in [0.15, 0.2) is 30.3 Å². The van der Waals surface area contributed by atoms with E-state index in [0.717, 1.165) is 24.1 Å². The number of halogens is 4. The van der Waals surface area contributed by atoms with Gasteiger partial charge in [-0.15, -0.1) is 0 Å². The van der Waals surface area contributed by atoms with Crippen molar-refractivity contribution in [1.29, 1.82) is 0 Å². The van der Waals surface area contributed by atoms with Crippen molar-refractivity contribution < 1.29 is 22.7 Å². The summed E-state index contributed by atoms with van der Waals surface area (Å²) in [6.07, 6.45) is 1.98. The van der Waals surface area contributed by atoms with Gasteiger partial charge in [-0.2, -0.15) is 0 Å². The van der Waals surface area contributed by atoms with Crippen LogP contribution >= 0.6 is 23.8 Å². The number of ketones is 1. The summed E-state index contributed by atoms with van der Waals surface area (Å²) < 4.78 is 45.4. The molecule has 2 N–H and O–H groups in total. The molecule has 9 heteroatoms. The lowest BCUT2D eigenvalue weighted by atomic mass is 9.80. The summed E-state index contributed by atoms with van der Waals surface area (Å²) in [5, 5.41) is 5.72. The fraction of sp³-hybridized carbons (Fsp3) is 0.300. The number of thiocarbonyl (C=S) groups is 1. The quantitative estimate of drug-likeness (QED) is 0.518. The summed E-state index contributed by atoms with van der Waals surface area (Å²) in [4.78, 5) is 13.0. The Hall–Kier alpha value is -2.32. The van der Waals surface area contributed by atoms with Gasteiger partial charge in [0.15, 0.2) is 28.3 Å². The van der Waals surface area contributed by atoms with Crippen molar-refractivity contribution in [3.63, 3.8) is 0 Å². The van der Waals surface area contributed by atoms with Gasteiger partial charge in [-0.25, -0.2) is 13.2 Å². The Labute approximate surface area is 176 Å². The van der Waals surface area contributed by atoms with Crippen LogP contribution in [0.25, 0.3) is 0 Å². The van der Waals surface area contributed by atoms with Gasteiger partial charge in [0, 0.05) is 5.92 Å². The minimum absolute atomic E-state index is 0.0532. The fourth-order valence-electron chi connectivity index (χ4n) is 3.36. The summed E-state index contributed by atoms with van der Waals surface area (Å²) in [5.41, 5.74) is 0.469. The summed E-state index contributed by atoms with van der Waals surface area (Å²) in [7, 11) is 1.50. The first-order valence-corrected chi connectivity index (χ1v) is 9.68. The van der Waals surface area contributed by atoms with Crippen molar-refractivity contribution >= 4 is 40.4 Å². The van der Waals surface area contributed by atoms with Crippen molar-refractivity contribution in [2.45, 2.75) is 31.2 Å². The van der Waals surface area contributed by atoms with E-state index in [1.165, 1.54) is 7.11 Å². The molecule has 2 unspecified atom stereocenters. The number of rotatable bonds is 4. The summed E-state index contributed by atoms with van der Waals surface area (Å²) in [6, 6.07) is 6.43. The average molecular weight is 443 g/mol. The molecule has 3 rings (SSSR count). The SMILES string of the molecule is COc1cc(C2CCCC(NC(=S)Nc3ccc(F)c(F)c3F)C2=O)ccc1Cl. The maximum absolute atomic E-state index is 13.8. The number of carbonyl (C=O) groups excluding carboxylic acids is 1. The second-order valence-electron chi connectivity index (χ2n) is 6.65. The molecule has 2 atom stereocenters. The maximum Gasteiger partial charge on any atom is 0.196 e. The molecule has 0 spiro atoms. The second-order valence-corrected chi connectivity index (χ2v) is 7.47. The number of Topliss-reactive ketones (excluding diaryl/α,β-unsaturated/α-hetero) is 1. The lowest BCUT2D eigenvalue weighted by molar-refractivity contribution is -0.123. The summed E-state index contributed by atoms with van der Waals surface area (Å²) in [6.45, 7) is 0. The highest BCUT2D eigenvalue weighted by Gasteiger charge is 2.33. The van der Waals surface area contributed by atoms with Gasteiger partial charge in [-0.1, -0.05) is 17.7 Å². The molecule has 0 radical (unpaired) electrons. The first-order valence-electron chi connectivity index (χ1n) is 8.90. The normalized spacial score (nSPS) is 19.0. The van der Waals surface area contributed by atoms with Gasteiger partial charge >= 0.3 is 0 Å². The molecule has 2 aromatic carbocycles. The number of carbonyl (C=O) groups is 1. The standard InChI is InChI=1S/C20H18ClF3N2O2S/c1-28-16-9-10(5-6-12(16)21)11-3-2-4-15(19(11)27)26-20(29)25-14-8-7-13(22)17(23)18(14)24/h5-9,11,15H,2-4H2,1H3,(H2,25,26,29). The van der Waals surface area contributed by atoms with Crippen LogP contribution in [0.1, 0.15) is 30.7 Å². The van der Waals surface area contributed by atoms with E-state index in [4.69, 9.17) is 28.6 Å². The van der Waals surface area contributed by atoms with Crippen LogP contribution in [-0.4, -0.2) is 24.0 Å². The highest BCUT2D eigenvalue weighted by molar-refractivity contribution is 7.80. The van der Waals surface area contributed by atoms with Gasteiger partial charge in [-0.05, 0) is 61.3 Å². The Bertz CT molecular complexity index is 958. The molecule has 0 heterocycles. The highest BCUT2D eigenvalue weighted by Crippen LogP contribution is 2.34. The minimum atomic E-state index is -1.59. The molecular weight excluding hydrogens is 425 g/mol. The number of benzene rings is 2. The molecule has 0 amide bonds. The van der Waals surface area contributed by atoms with E-state index < -0.39 is 23.5 Å².